The number of hydrogen-bond donors (Lipinski definition) is 1. The van der Waals surface area contributed by atoms with Gasteiger partial charge in [0.1, 0.15) is 11.2 Å². The Morgan fingerprint density at radius 3 is 2.65 bits per heavy atom. The second-order valence-corrected chi connectivity index (χ2v) is 8.09. The maximum atomic E-state index is 13.1. The molecule has 3 heterocycles. The van der Waals surface area contributed by atoms with Crippen LogP contribution in [0.5, 0.6) is 0 Å². The van der Waals surface area contributed by atoms with Crippen molar-refractivity contribution in [3.05, 3.63) is 64.1 Å². The number of anilines is 1. The van der Waals surface area contributed by atoms with E-state index in [-0.39, 0.29) is 35.3 Å². The lowest BCUT2D eigenvalue weighted by Gasteiger charge is -2.17. The van der Waals surface area contributed by atoms with E-state index in [2.05, 4.69) is 32.3 Å². The predicted molar refractivity (Wildman–Crippen MR) is 123 cm³/mol. The van der Waals surface area contributed by atoms with Crippen LogP contribution in [0.4, 0.5) is 5.95 Å². The maximum Gasteiger partial charge on any atom is 0.257 e. The Morgan fingerprint density at radius 2 is 1.94 bits per heavy atom. The van der Waals surface area contributed by atoms with E-state index in [9.17, 15) is 9.59 Å². The predicted octanol–water partition coefficient (Wildman–Crippen LogP) is 3.12. The van der Waals surface area contributed by atoms with Gasteiger partial charge in [0.15, 0.2) is 0 Å². The number of pyridine rings is 1. The molecule has 1 amide bonds. The lowest BCUT2D eigenvalue weighted by molar-refractivity contribution is 0.0948. The van der Waals surface area contributed by atoms with E-state index in [0.29, 0.717) is 29.4 Å². The Bertz CT molecular complexity index is 1160. The third-order valence-electron chi connectivity index (χ3n) is 6.11. The number of carbonyl (C=O) groups is 1. The van der Waals surface area contributed by atoms with Crippen LogP contribution in [0.3, 0.4) is 0 Å². The van der Waals surface area contributed by atoms with Crippen molar-refractivity contribution >= 4 is 35.3 Å². The molecule has 5 rings (SSSR count). The van der Waals surface area contributed by atoms with Crippen LogP contribution in [0.2, 0.25) is 0 Å². The van der Waals surface area contributed by atoms with Crippen LogP contribution in [0, 0.1) is 0 Å². The highest BCUT2D eigenvalue weighted by molar-refractivity contribution is 5.97. The van der Waals surface area contributed by atoms with Gasteiger partial charge in [0.05, 0.1) is 5.39 Å². The Labute approximate surface area is 186 Å². The van der Waals surface area contributed by atoms with Crippen molar-refractivity contribution in [3.63, 3.8) is 0 Å². The molecule has 1 N–H and O–H groups in total. The monoisotopic (exact) mass is 439 g/mol. The van der Waals surface area contributed by atoms with Gasteiger partial charge in [-0.05, 0) is 31.7 Å². The maximum absolute atomic E-state index is 13.1. The van der Waals surface area contributed by atoms with Gasteiger partial charge in [-0.3, -0.25) is 9.59 Å². The molecule has 1 aliphatic heterocycles. The Hall–Kier alpha value is -2.93. The molecular formula is C23H26ClN5O2. The van der Waals surface area contributed by atoms with E-state index >= 15 is 0 Å². The van der Waals surface area contributed by atoms with E-state index in [1.54, 1.807) is 12.4 Å². The summed E-state index contributed by atoms with van der Waals surface area (Å²) in [6, 6.07) is 10.2. The molecule has 2 unspecified atom stereocenters. The quantitative estimate of drug-likeness (QED) is 0.660. The number of aromatic nitrogens is 3. The van der Waals surface area contributed by atoms with Crippen molar-refractivity contribution in [3.8, 4) is 0 Å². The van der Waals surface area contributed by atoms with Gasteiger partial charge in [-0.2, -0.15) is 4.98 Å². The second-order valence-electron chi connectivity index (χ2n) is 8.09. The minimum absolute atomic E-state index is 0. The molecule has 2 aromatic heterocycles. The number of benzene rings is 1. The average Bonchev–Trinajstić information content (AvgIpc) is 3.32. The smallest absolute Gasteiger partial charge is 0.257 e. The van der Waals surface area contributed by atoms with Crippen LogP contribution >= 0.6 is 12.4 Å². The summed E-state index contributed by atoms with van der Waals surface area (Å²) in [5.41, 5.74) is 1.65. The number of nitrogens with one attached hydrogen (secondary N) is 1. The molecule has 2 fully saturated rings. The number of amides is 1. The first-order chi connectivity index (χ1) is 14.7. The Balaban J connectivity index is 0.00000231. The van der Waals surface area contributed by atoms with E-state index < -0.39 is 0 Å². The highest BCUT2D eigenvalue weighted by Gasteiger charge is 2.39. The number of carbonyl (C=O) groups excluding carboxylic acids is 1. The van der Waals surface area contributed by atoms with Crippen LogP contribution in [-0.4, -0.2) is 39.6 Å². The first-order valence-electron chi connectivity index (χ1n) is 10.7. The SMILES string of the molecule is CCn1cc(C(=O)NC2CC2c2ccccc2)c(=O)c2cnc(N3CCCC3)nc21.Cl. The first kappa shape index (κ1) is 21.3. The van der Waals surface area contributed by atoms with Crippen LogP contribution in [0.25, 0.3) is 11.0 Å². The van der Waals surface area contributed by atoms with E-state index in [1.165, 1.54) is 5.56 Å². The van der Waals surface area contributed by atoms with Crippen molar-refractivity contribution in [1.29, 1.82) is 0 Å². The third kappa shape index (κ3) is 4.02. The number of hydrogen-bond acceptors (Lipinski definition) is 5. The molecule has 1 aliphatic carbocycles. The summed E-state index contributed by atoms with van der Waals surface area (Å²) in [7, 11) is 0. The molecule has 1 aromatic carbocycles. The van der Waals surface area contributed by atoms with Gasteiger partial charge < -0.3 is 14.8 Å². The fourth-order valence-corrected chi connectivity index (χ4v) is 4.31. The molecule has 7 nitrogen and oxygen atoms in total. The largest absolute Gasteiger partial charge is 0.348 e. The zero-order chi connectivity index (χ0) is 20.7. The molecule has 0 radical (unpaired) electrons. The average molecular weight is 440 g/mol. The number of rotatable bonds is 5. The van der Waals surface area contributed by atoms with Gasteiger partial charge in [-0.1, -0.05) is 30.3 Å². The summed E-state index contributed by atoms with van der Waals surface area (Å²) in [4.78, 5) is 37.2. The lowest BCUT2D eigenvalue weighted by Crippen LogP contribution is -2.32. The minimum atomic E-state index is -0.323. The molecule has 0 bridgehead atoms. The van der Waals surface area contributed by atoms with Gasteiger partial charge in [0, 0.05) is 44.0 Å². The molecule has 2 atom stereocenters. The van der Waals surface area contributed by atoms with Gasteiger partial charge in [-0.15, -0.1) is 12.4 Å². The van der Waals surface area contributed by atoms with E-state index in [1.807, 2.05) is 29.7 Å². The second kappa shape index (κ2) is 8.67. The fraction of sp³-hybridized carbons (Fsp3) is 0.391. The summed E-state index contributed by atoms with van der Waals surface area (Å²) in [5.74, 6) is 0.647. The van der Waals surface area contributed by atoms with Crippen LogP contribution in [0.15, 0.2) is 47.5 Å². The number of aryl methyl sites for hydroxylation is 1. The molecule has 1 saturated heterocycles. The zero-order valence-corrected chi connectivity index (χ0v) is 18.3. The highest BCUT2D eigenvalue weighted by atomic mass is 35.5. The van der Waals surface area contributed by atoms with Crippen molar-refractivity contribution < 1.29 is 4.79 Å². The molecular weight excluding hydrogens is 414 g/mol. The molecule has 8 heteroatoms. The van der Waals surface area contributed by atoms with Gasteiger partial charge in [0.2, 0.25) is 11.4 Å². The van der Waals surface area contributed by atoms with Gasteiger partial charge >= 0.3 is 0 Å². The lowest BCUT2D eigenvalue weighted by atomic mass is 10.1. The number of fused-ring (bicyclic) bond motifs is 1. The molecule has 0 spiro atoms. The van der Waals surface area contributed by atoms with Crippen molar-refractivity contribution in [1.82, 2.24) is 19.9 Å². The standard InChI is InChI=1S/C23H25N5O2.ClH/c1-2-27-14-18(22(30)25-19-12-16(19)15-8-4-3-5-9-15)20(29)17-13-24-23(26-21(17)27)28-10-6-7-11-28;/h3-5,8-9,13-14,16,19H,2,6-7,10-12H2,1H3,(H,25,30);1H. The summed E-state index contributed by atoms with van der Waals surface area (Å²) < 4.78 is 1.87. The first-order valence-corrected chi connectivity index (χ1v) is 10.7. The minimum Gasteiger partial charge on any atom is -0.348 e. The summed E-state index contributed by atoms with van der Waals surface area (Å²) in [5, 5.41) is 3.42. The van der Waals surface area contributed by atoms with Gasteiger partial charge in [-0.25, -0.2) is 4.98 Å². The Morgan fingerprint density at radius 1 is 1.19 bits per heavy atom. The summed E-state index contributed by atoms with van der Waals surface area (Å²) >= 11 is 0. The topological polar surface area (TPSA) is 80.1 Å². The molecule has 31 heavy (non-hydrogen) atoms. The number of halogens is 1. The fourth-order valence-electron chi connectivity index (χ4n) is 4.31. The van der Waals surface area contributed by atoms with Crippen LogP contribution in [0.1, 0.15) is 48.0 Å². The summed E-state index contributed by atoms with van der Waals surface area (Å²) in [6.45, 7) is 4.47. The normalized spacial score (nSPS) is 19.8. The van der Waals surface area contributed by atoms with Crippen LogP contribution in [-0.2, 0) is 6.54 Å². The summed E-state index contributed by atoms with van der Waals surface area (Å²) in [6.07, 6.45) is 6.37. The van der Waals surface area contributed by atoms with Crippen molar-refractivity contribution in [2.45, 2.75) is 44.7 Å². The van der Waals surface area contributed by atoms with E-state index in [4.69, 9.17) is 0 Å². The van der Waals surface area contributed by atoms with Crippen molar-refractivity contribution in [2.24, 2.45) is 0 Å². The molecule has 2 aliphatic rings. The highest BCUT2D eigenvalue weighted by Crippen LogP contribution is 2.40. The Kier molecular flexibility index (Phi) is 5.96. The zero-order valence-electron chi connectivity index (χ0n) is 17.5. The number of nitrogens with zero attached hydrogens (tertiary/aromatic N) is 4. The molecule has 1 saturated carbocycles. The molecule has 162 valence electrons. The van der Waals surface area contributed by atoms with E-state index in [0.717, 1.165) is 32.4 Å². The van der Waals surface area contributed by atoms with Crippen molar-refractivity contribution in [2.75, 3.05) is 18.0 Å². The van der Waals surface area contributed by atoms with Gasteiger partial charge in [0.25, 0.3) is 5.91 Å². The third-order valence-corrected chi connectivity index (χ3v) is 6.11. The van der Waals surface area contributed by atoms with Crippen LogP contribution < -0.4 is 15.6 Å². The molecule has 3 aromatic rings.